The van der Waals surface area contributed by atoms with E-state index in [1.807, 2.05) is 0 Å². The van der Waals surface area contributed by atoms with Crippen LogP contribution in [0.1, 0.15) is 5.56 Å². The number of hydrogen-bond donors (Lipinski definition) is 2. The summed E-state index contributed by atoms with van der Waals surface area (Å²) in [7, 11) is 0. The first-order valence-electron chi connectivity index (χ1n) is 3.32. The molecule has 1 rings (SSSR count). The van der Waals surface area contributed by atoms with Crippen molar-refractivity contribution in [3.63, 3.8) is 0 Å². The van der Waals surface area contributed by atoms with Crippen molar-refractivity contribution in [2.24, 2.45) is 5.73 Å². The predicted octanol–water partition coefficient (Wildman–Crippen LogP) is 0.867. The maximum Gasteiger partial charge on any atom is 0.222 e. The van der Waals surface area contributed by atoms with Crippen LogP contribution in [0.5, 0.6) is 0 Å². The summed E-state index contributed by atoms with van der Waals surface area (Å²) in [5, 5.41) is 0.552. The van der Waals surface area contributed by atoms with Crippen LogP contribution in [0.2, 0.25) is 10.3 Å². The Labute approximate surface area is 79.9 Å². The first-order chi connectivity index (χ1) is 5.65. The molecular weight excluding hydrogens is 199 g/mol. The van der Waals surface area contributed by atoms with Gasteiger partial charge in [-0.3, -0.25) is 0 Å². The molecule has 4 N–H and O–H groups in total. The molecule has 12 heavy (non-hydrogen) atoms. The van der Waals surface area contributed by atoms with E-state index in [1.165, 1.54) is 0 Å². The van der Waals surface area contributed by atoms with E-state index in [1.54, 1.807) is 0 Å². The van der Waals surface area contributed by atoms with Crippen molar-refractivity contribution >= 4 is 29.2 Å². The summed E-state index contributed by atoms with van der Waals surface area (Å²) >= 11 is 11.5. The molecule has 0 aliphatic rings. The van der Waals surface area contributed by atoms with Crippen LogP contribution in [-0.2, 0) is 6.42 Å². The highest BCUT2D eigenvalue weighted by atomic mass is 35.5. The Bertz CT molecular complexity index is 266. The maximum absolute atomic E-state index is 5.74. The Balaban J connectivity index is 3.10. The fourth-order valence-electron chi connectivity index (χ4n) is 0.797. The van der Waals surface area contributed by atoms with Gasteiger partial charge in [-0.2, -0.15) is 0 Å². The number of anilines is 1. The van der Waals surface area contributed by atoms with Gasteiger partial charge in [0.05, 0.1) is 0 Å². The van der Waals surface area contributed by atoms with E-state index in [9.17, 15) is 0 Å². The van der Waals surface area contributed by atoms with Crippen molar-refractivity contribution in [2.45, 2.75) is 6.42 Å². The Kier molecular flexibility index (Phi) is 3.08. The Morgan fingerprint density at radius 2 is 1.67 bits per heavy atom. The van der Waals surface area contributed by atoms with Crippen LogP contribution in [0.3, 0.4) is 0 Å². The van der Waals surface area contributed by atoms with E-state index in [2.05, 4.69) is 9.97 Å². The lowest BCUT2D eigenvalue weighted by atomic mass is 10.2. The summed E-state index contributed by atoms with van der Waals surface area (Å²) in [6.45, 7) is 0.451. The summed E-state index contributed by atoms with van der Waals surface area (Å²) in [6.07, 6.45) is 0.554. The third kappa shape index (κ3) is 1.97. The van der Waals surface area contributed by atoms with Gasteiger partial charge >= 0.3 is 0 Å². The van der Waals surface area contributed by atoms with Crippen molar-refractivity contribution < 1.29 is 0 Å². The summed E-state index contributed by atoms with van der Waals surface area (Å²) in [5.41, 5.74) is 11.3. The van der Waals surface area contributed by atoms with E-state index in [0.29, 0.717) is 18.5 Å². The Morgan fingerprint density at radius 1 is 1.17 bits per heavy atom. The minimum absolute atomic E-state index is 0.0748. The van der Waals surface area contributed by atoms with Crippen LogP contribution in [0.25, 0.3) is 0 Å². The molecule has 0 radical (unpaired) electrons. The highest BCUT2D eigenvalue weighted by molar-refractivity contribution is 6.34. The number of aromatic nitrogens is 2. The highest BCUT2D eigenvalue weighted by Crippen LogP contribution is 2.21. The van der Waals surface area contributed by atoms with Gasteiger partial charge in [0.25, 0.3) is 0 Å². The number of nitrogen functional groups attached to an aromatic ring is 1. The minimum atomic E-state index is 0.0748. The topological polar surface area (TPSA) is 77.8 Å². The molecule has 0 bridgehead atoms. The molecule has 0 aliphatic carbocycles. The van der Waals surface area contributed by atoms with Gasteiger partial charge in [-0.15, -0.1) is 0 Å². The molecule has 0 aromatic carbocycles. The molecule has 1 aromatic heterocycles. The lowest BCUT2D eigenvalue weighted by Crippen LogP contribution is -2.07. The first kappa shape index (κ1) is 9.51. The lowest BCUT2D eigenvalue weighted by Gasteiger charge is -2.03. The second kappa shape index (κ2) is 3.89. The Morgan fingerprint density at radius 3 is 2.08 bits per heavy atom. The van der Waals surface area contributed by atoms with Gasteiger partial charge in [-0.1, -0.05) is 23.2 Å². The molecule has 0 saturated heterocycles. The summed E-state index contributed by atoms with van der Waals surface area (Å²) in [6, 6.07) is 0. The summed E-state index contributed by atoms with van der Waals surface area (Å²) < 4.78 is 0. The molecule has 6 heteroatoms. The zero-order chi connectivity index (χ0) is 9.14. The number of nitrogens with two attached hydrogens (primary N) is 2. The van der Waals surface area contributed by atoms with Crippen molar-refractivity contribution in [1.82, 2.24) is 9.97 Å². The zero-order valence-corrected chi connectivity index (χ0v) is 7.73. The summed E-state index contributed by atoms with van der Waals surface area (Å²) in [4.78, 5) is 7.49. The van der Waals surface area contributed by atoms with Gasteiger partial charge in [0, 0.05) is 5.56 Å². The lowest BCUT2D eigenvalue weighted by molar-refractivity contribution is 0.945. The van der Waals surface area contributed by atoms with E-state index in [0.717, 1.165) is 0 Å². The van der Waals surface area contributed by atoms with Crippen molar-refractivity contribution in [3.8, 4) is 0 Å². The normalized spacial score (nSPS) is 10.2. The fraction of sp³-hybridized carbons (Fsp3) is 0.333. The standard InChI is InChI=1S/C6H8Cl2N4/c7-4-3(1-2-9)5(8)12-6(10)11-4/h1-2,9H2,(H2,10,11,12). The fourth-order valence-corrected chi connectivity index (χ4v) is 1.39. The van der Waals surface area contributed by atoms with Gasteiger partial charge in [0.2, 0.25) is 5.95 Å². The average molecular weight is 207 g/mol. The van der Waals surface area contributed by atoms with Crippen molar-refractivity contribution in [2.75, 3.05) is 12.3 Å². The first-order valence-corrected chi connectivity index (χ1v) is 4.08. The van der Waals surface area contributed by atoms with Gasteiger partial charge in [0.1, 0.15) is 10.3 Å². The summed E-state index contributed by atoms with van der Waals surface area (Å²) in [5.74, 6) is 0.0748. The van der Waals surface area contributed by atoms with Crippen LogP contribution in [0.15, 0.2) is 0 Å². The minimum Gasteiger partial charge on any atom is -0.368 e. The van der Waals surface area contributed by atoms with E-state index in [4.69, 9.17) is 34.7 Å². The second-order valence-electron chi connectivity index (χ2n) is 2.18. The molecule has 0 unspecified atom stereocenters. The van der Waals surface area contributed by atoms with Crippen LogP contribution >= 0.6 is 23.2 Å². The van der Waals surface area contributed by atoms with Crippen molar-refractivity contribution in [3.05, 3.63) is 15.9 Å². The molecule has 0 aliphatic heterocycles. The van der Waals surface area contributed by atoms with Gasteiger partial charge in [-0.05, 0) is 13.0 Å². The molecule has 66 valence electrons. The molecule has 0 saturated carbocycles. The number of rotatable bonds is 2. The van der Waals surface area contributed by atoms with Crippen LogP contribution in [0, 0.1) is 0 Å². The second-order valence-corrected chi connectivity index (χ2v) is 2.90. The number of hydrogen-bond acceptors (Lipinski definition) is 4. The van der Waals surface area contributed by atoms with Gasteiger partial charge in [0.15, 0.2) is 0 Å². The monoisotopic (exact) mass is 206 g/mol. The molecule has 1 aromatic rings. The van der Waals surface area contributed by atoms with E-state index in [-0.39, 0.29) is 16.3 Å². The molecule has 0 amide bonds. The highest BCUT2D eigenvalue weighted by Gasteiger charge is 2.08. The van der Waals surface area contributed by atoms with Crippen LogP contribution < -0.4 is 11.5 Å². The molecule has 4 nitrogen and oxygen atoms in total. The predicted molar refractivity (Wildman–Crippen MR) is 49.2 cm³/mol. The Hall–Kier alpha value is -0.580. The third-order valence-corrected chi connectivity index (χ3v) is 1.94. The van der Waals surface area contributed by atoms with Gasteiger partial charge < -0.3 is 11.5 Å². The van der Waals surface area contributed by atoms with E-state index < -0.39 is 0 Å². The zero-order valence-electron chi connectivity index (χ0n) is 6.22. The van der Waals surface area contributed by atoms with Gasteiger partial charge in [-0.25, -0.2) is 9.97 Å². The molecular formula is C6H8Cl2N4. The largest absolute Gasteiger partial charge is 0.368 e. The molecule has 0 atom stereocenters. The maximum atomic E-state index is 5.74. The number of halogens is 2. The van der Waals surface area contributed by atoms with Crippen molar-refractivity contribution in [1.29, 1.82) is 0 Å². The van der Waals surface area contributed by atoms with Crippen LogP contribution in [-0.4, -0.2) is 16.5 Å². The third-order valence-electron chi connectivity index (χ3n) is 1.32. The molecule has 0 fully saturated rings. The van der Waals surface area contributed by atoms with E-state index >= 15 is 0 Å². The SMILES string of the molecule is NCCc1c(Cl)nc(N)nc1Cl. The smallest absolute Gasteiger partial charge is 0.222 e. The molecule has 0 spiro atoms. The quantitative estimate of drug-likeness (QED) is 0.705. The average Bonchev–Trinajstić information content (AvgIpc) is 1.96. The van der Waals surface area contributed by atoms with Crippen LogP contribution in [0.4, 0.5) is 5.95 Å². The number of nitrogens with zero attached hydrogens (tertiary/aromatic N) is 2. The molecule has 1 heterocycles.